The second-order valence-electron chi connectivity index (χ2n) is 12.3. The van der Waals surface area contributed by atoms with Gasteiger partial charge in [0.15, 0.2) is 5.78 Å². The van der Waals surface area contributed by atoms with Crippen LogP contribution >= 0.6 is 0 Å². The van der Waals surface area contributed by atoms with Gasteiger partial charge in [0.2, 0.25) is 0 Å². The van der Waals surface area contributed by atoms with E-state index in [2.05, 4.69) is 89.9 Å². The van der Waals surface area contributed by atoms with E-state index in [-0.39, 0.29) is 22.2 Å². The van der Waals surface area contributed by atoms with Gasteiger partial charge in [0.1, 0.15) is 0 Å². The number of anilines is 2. The number of aliphatic imine (C=N–C) groups is 1. The third kappa shape index (κ3) is 6.25. The fraction of sp³-hybridized carbons (Fsp3) is 0.378. The molecule has 1 aliphatic carbocycles. The van der Waals surface area contributed by atoms with Crippen molar-refractivity contribution in [3.8, 4) is 0 Å². The molecule has 1 N–H and O–H groups in total. The average molecular weight is 564 g/mol. The highest BCUT2D eigenvalue weighted by Crippen LogP contribution is 2.38. The van der Waals surface area contributed by atoms with Gasteiger partial charge in [-0.1, -0.05) is 77.9 Å². The highest BCUT2D eigenvalue weighted by Gasteiger charge is 2.31. The molecule has 0 aliphatic heterocycles. The Morgan fingerprint density at radius 1 is 0.810 bits per heavy atom. The lowest BCUT2D eigenvalue weighted by molar-refractivity contribution is -0.112. The summed E-state index contributed by atoms with van der Waals surface area (Å²) in [5.74, 6) is -0.714. The van der Waals surface area contributed by atoms with Gasteiger partial charge < -0.3 is 10.2 Å². The van der Waals surface area contributed by atoms with Crippen LogP contribution in [0.3, 0.4) is 0 Å². The van der Waals surface area contributed by atoms with Crippen molar-refractivity contribution in [2.75, 3.05) is 23.3 Å². The van der Waals surface area contributed by atoms with Crippen LogP contribution in [0.5, 0.6) is 0 Å². The molecule has 42 heavy (non-hydrogen) atoms. The smallest absolute Gasteiger partial charge is 0.259 e. The Hall–Kier alpha value is -3.99. The van der Waals surface area contributed by atoms with Crippen LogP contribution < -0.4 is 10.2 Å². The molecule has 0 saturated carbocycles. The SMILES string of the molecule is CCN(CC)c1ccc(N=C2C=C(C(=O)Nc3ccc(C(C)(C)CC)cc3C(C)(C)CC)C(=O)c3ccccc32)cc1. The fourth-order valence-electron chi connectivity index (χ4n) is 5.27. The van der Waals surface area contributed by atoms with Crippen molar-refractivity contribution >= 4 is 34.5 Å². The average Bonchev–Trinajstić information content (AvgIpc) is 3.00. The first-order valence-electron chi connectivity index (χ1n) is 15.2. The number of amides is 1. The molecular weight excluding hydrogens is 518 g/mol. The molecule has 0 heterocycles. The van der Waals surface area contributed by atoms with Crippen molar-refractivity contribution in [3.63, 3.8) is 0 Å². The Morgan fingerprint density at radius 3 is 2.02 bits per heavy atom. The summed E-state index contributed by atoms with van der Waals surface area (Å²) in [5.41, 5.74) is 6.70. The summed E-state index contributed by atoms with van der Waals surface area (Å²) >= 11 is 0. The first-order chi connectivity index (χ1) is 19.9. The van der Waals surface area contributed by atoms with E-state index in [1.165, 1.54) is 5.56 Å². The molecule has 5 heteroatoms. The lowest BCUT2D eigenvalue weighted by Crippen LogP contribution is -2.28. The zero-order valence-electron chi connectivity index (χ0n) is 26.5. The second-order valence-corrected chi connectivity index (χ2v) is 12.3. The fourth-order valence-corrected chi connectivity index (χ4v) is 5.27. The molecule has 0 spiro atoms. The Bertz CT molecular complexity index is 1520. The molecule has 0 fully saturated rings. The number of carbonyl (C=O) groups is 2. The number of allylic oxidation sites excluding steroid dienone is 1. The second kappa shape index (κ2) is 12.5. The van der Waals surface area contributed by atoms with Gasteiger partial charge in [0, 0.05) is 35.6 Å². The molecule has 1 amide bonds. The van der Waals surface area contributed by atoms with Crippen LogP contribution in [0.2, 0.25) is 0 Å². The standard InChI is InChI=1S/C37H45N3O2/c1-9-36(5,6)25-17-22-32(31(23-25)37(7,8)10-2)39-35(42)30-24-33(28-15-13-14-16-29(28)34(30)41)38-26-18-20-27(21-19-26)40(11-3)12-4/h13-24H,9-12H2,1-8H3,(H,39,42). The maximum atomic E-state index is 13.8. The number of hydrogen-bond acceptors (Lipinski definition) is 4. The van der Waals surface area contributed by atoms with Crippen LogP contribution in [-0.4, -0.2) is 30.5 Å². The number of nitrogens with one attached hydrogen (secondary N) is 1. The van der Waals surface area contributed by atoms with Gasteiger partial charge in [0.25, 0.3) is 5.91 Å². The number of rotatable bonds is 10. The highest BCUT2D eigenvalue weighted by molar-refractivity contribution is 6.37. The first-order valence-corrected chi connectivity index (χ1v) is 15.2. The van der Waals surface area contributed by atoms with Crippen LogP contribution in [0.25, 0.3) is 0 Å². The third-order valence-electron chi connectivity index (χ3n) is 8.99. The Labute approximate surface area is 251 Å². The van der Waals surface area contributed by atoms with Crippen LogP contribution in [0.4, 0.5) is 17.1 Å². The van der Waals surface area contributed by atoms with E-state index < -0.39 is 5.91 Å². The van der Waals surface area contributed by atoms with E-state index in [0.29, 0.717) is 11.3 Å². The Morgan fingerprint density at radius 2 is 1.43 bits per heavy atom. The van der Waals surface area contributed by atoms with Crippen LogP contribution in [0.15, 0.2) is 83.4 Å². The molecule has 0 saturated heterocycles. The summed E-state index contributed by atoms with van der Waals surface area (Å²) in [4.78, 5) is 34.6. The third-order valence-corrected chi connectivity index (χ3v) is 8.99. The summed E-state index contributed by atoms with van der Waals surface area (Å²) in [6, 6.07) is 21.8. The first kappa shape index (κ1) is 31.0. The van der Waals surface area contributed by atoms with Crippen molar-refractivity contribution in [2.24, 2.45) is 4.99 Å². The quantitative estimate of drug-likeness (QED) is 0.251. The van der Waals surface area contributed by atoms with Crippen molar-refractivity contribution in [1.29, 1.82) is 0 Å². The molecule has 0 aromatic heterocycles. The molecule has 5 nitrogen and oxygen atoms in total. The molecule has 0 bridgehead atoms. The van der Waals surface area contributed by atoms with Gasteiger partial charge in [-0.25, -0.2) is 4.99 Å². The highest BCUT2D eigenvalue weighted by atomic mass is 16.2. The zero-order valence-corrected chi connectivity index (χ0v) is 26.5. The number of Topliss-reactive ketones (excluding diaryl/α,β-unsaturated/α-hetero) is 1. The molecule has 0 atom stereocenters. The molecule has 0 radical (unpaired) electrons. The van der Waals surface area contributed by atoms with E-state index in [0.717, 1.165) is 54.1 Å². The van der Waals surface area contributed by atoms with Gasteiger partial charge in [-0.05, 0) is 85.1 Å². The topological polar surface area (TPSA) is 61.8 Å². The van der Waals surface area contributed by atoms with E-state index in [1.807, 2.05) is 36.4 Å². The minimum Gasteiger partial charge on any atom is -0.372 e. The lowest BCUT2D eigenvalue weighted by Gasteiger charge is -2.31. The maximum absolute atomic E-state index is 13.8. The number of hydrogen-bond donors (Lipinski definition) is 1. The number of benzene rings is 3. The van der Waals surface area contributed by atoms with Gasteiger partial charge in [-0.15, -0.1) is 0 Å². The molecule has 220 valence electrons. The van der Waals surface area contributed by atoms with Gasteiger partial charge in [-0.3, -0.25) is 9.59 Å². The summed E-state index contributed by atoms with van der Waals surface area (Å²) < 4.78 is 0. The summed E-state index contributed by atoms with van der Waals surface area (Å²) in [7, 11) is 0. The predicted molar refractivity (Wildman–Crippen MR) is 177 cm³/mol. The normalized spacial score (nSPS) is 14.4. The number of nitrogens with zero attached hydrogens (tertiary/aromatic N) is 2. The van der Waals surface area contributed by atoms with Gasteiger partial charge in [0.05, 0.1) is 17.0 Å². The molecule has 4 rings (SSSR count). The van der Waals surface area contributed by atoms with E-state index in [9.17, 15) is 9.59 Å². The van der Waals surface area contributed by atoms with Crippen molar-refractivity contribution in [1.82, 2.24) is 0 Å². The van der Waals surface area contributed by atoms with E-state index in [4.69, 9.17) is 4.99 Å². The molecule has 0 unspecified atom stereocenters. The molecule has 3 aromatic rings. The van der Waals surface area contributed by atoms with E-state index in [1.54, 1.807) is 12.1 Å². The number of fused-ring (bicyclic) bond motifs is 1. The molecule has 3 aromatic carbocycles. The largest absolute Gasteiger partial charge is 0.372 e. The number of ketones is 1. The van der Waals surface area contributed by atoms with E-state index >= 15 is 0 Å². The van der Waals surface area contributed by atoms with Crippen LogP contribution in [0, 0.1) is 0 Å². The summed E-state index contributed by atoms with van der Waals surface area (Å²) in [6.07, 6.45) is 3.55. The Balaban J connectivity index is 1.74. The number of carbonyl (C=O) groups excluding carboxylic acids is 2. The lowest BCUT2D eigenvalue weighted by atomic mass is 9.76. The minimum absolute atomic E-state index is 0.0155. The minimum atomic E-state index is -0.422. The molecular formula is C37H45N3O2. The van der Waals surface area contributed by atoms with Crippen molar-refractivity contribution in [3.05, 3.63) is 101 Å². The predicted octanol–water partition coefficient (Wildman–Crippen LogP) is 8.79. The van der Waals surface area contributed by atoms with Gasteiger partial charge >= 0.3 is 0 Å². The maximum Gasteiger partial charge on any atom is 0.259 e. The van der Waals surface area contributed by atoms with Crippen LogP contribution in [0.1, 0.15) is 95.3 Å². The molecule has 1 aliphatic rings. The Kier molecular flexibility index (Phi) is 9.20. The van der Waals surface area contributed by atoms with Crippen molar-refractivity contribution in [2.45, 2.75) is 79.1 Å². The summed E-state index contributed by atoms with van der Waals surface area (Å²) in [5, 5.41) is 3.11. The van der Waals surface area contributed by atoms with Crippen LogP contribution in [-0.2, 0) is 15.6 Å². The monoisotopic (exact) mass is 563 g/mol. The van der Waals surface area contributed by atoms with Gasteiger partial charge in [-0.2, -0.15) is 0 Å². The summed E-state index contributed by atoms with van der Waals surface area (Å²) in [6.45, 7) is 19.3. The zero-order chi connectivity index (χ0) is 30.7. The van der Waals surface area contributed by atoms with Crippen molar-refractivity contribution < 1.29 is 9.59 Å².